The molecule has 0 saturated carbocycles. The molecule has 0 aliphatic carbocycles. The van der Waals surface area contributed by atoms with E-state index in [0.29, 0.717) is 29.6 Å². The highest BCUT2D eigenvalue weighted by Crippen LogP contribution is 2.26. The molecule has 3 N–H and O–H groups in total. The van der Waals surface area contributed by atoms with Gasteiger partial charge in [-0.15, -0.1) is 0 Å². The average molecular weight is 410 g/mol. The van der Waals surface area contributed by atoms with Crippen molar-refractivity contribution in [1.29, 1.82) is 0 Å². The standard InChI is InChI=1S/C21H20ClN5O2/c1-12-7-13(2)9-14(8-12)18-11-19(26-25-18)24-20(28)16-10-15(3-4-17(16)22)27-6-5-23-21(27)29/h3-4,7-11H,5-6H2,1-2H3,(H,23,29)(H2,24,25,26,28). The smallest absolute Gasteiger partial charge is 0.321 e. The molecule has 1 aliphatic heterocycles. The van der Waals surface area contributed by atoms with E-state index >= 15 is 0 Å². The first kappa shape index (κ1) is 19.0. The Morgan fingerprint density at radius 3 is 2.59 bits per heavy atom. The molecule has 0 bridgehead atoms. The molecule has 8 heteroatoms. The van der Waals surface area contributed by atoms with E-state index in [1.807, 2.05) is 26.0 Å². The number of aryl methyl sites for hydroxylation is 2. The number of aromatic nitrogens is 2. The predicted molar refractivity (Wildman–Crippen MR) is 114 cm³/mol. The summed E-state index contributed by atoms with van der Waals surface area (Å²) in [5.41, 5.74) is 4.99. The van der Waals surface area contributed by atoms with Crippen LogP contribution in [0.5, 0.6) is 0 Å². The molecule has 0 atom stereocenters. The summed E-state index contributed by atoms with van der Waals surface area (Å²) in [7, 11) is 0. The van der Waals surface area contributed by atoms with Gasteiger partial charge in [-0.3, -0.25) is 14.8 Å². The number of aromatic amines is 1. The van der Waals surface area contributed by atoms with Crippen molar-refractivity contribution in [1.82, 2.24) is 15.5 Å². The van der Waals surface area contributed by atoms with Crippen molar-refractivity contribution in [3.05, 3.63) is 64.2 Å². The van der Waals surface area contributed by atoms with E-state index in [-0.39, 0.29) is 11.6 Å². The van der Waals surface area contributed by atoms with Gasteiger partial charge in [0.1, 0.15) is 0 Å². The summed E-state index contributed by atoms with van der Waals surface area (Å²) in [6.45, 7) is 5.17. The molecule has 0 radical (unpaired) electrons. The Kier molecular flexibility index (Phi) is 4.98. The topological polar surface area (TPSA) is 90.1 Å². The number of urea groups is 1. The molecule has 148 valence electrons. The Balaban J connectivity index is 1.55. The molecule has 1 saturated heterocycles. The van der Waals surface area contributed by atoms with Gasteiger partial charge in [0.2, 0.25) is 0 Å². The molecule has 0 spiro atoms. The van der Waals surface area contributed by atoms with Crippen LogP contribution in [0.4, 0.5) is 16.3 Å². The van der Waals surface area contributed by atoms with Gasteiger partial charge in [0.15, 0.2) is 5.82 Å². The third kappa shape index (κ3) is 3.95. The van der Waals surface area contributed by atoms with Crippen LogP contribution in [0, 0.1) is 13.8 Å². The lowest BCUT2D eigenvalue weighted by Gasteiger charge is -2.15. The van der Waals surface area contributed by atoms with Crippen LogP contribution in [0.3, 0.4) is 0 Å². The first-order valence-corrected chi connectivity index (χ1v) is 9.59. The maximum Gasteiger partial charge on any atom is 0.321 e. The molecular formula is C21H20ClN5O2. The van der Waals surface area contributed by atoms with Gasteiger partial charge in [0.25, 0.3) is 5.91 Å². The third-order valence-corrected chi connectivity index (χ3v) is 5.04. The van der Waals surface area contributed by atoms with Gasteiger partial charge in [-0.1, -0.05) is 28.8 Å². The number of rotatable bonds is 4. The molecule has 3 amide bonds. The zero-order chi connectivity index (χ0) is 20.5. The van der Waals surface area contributed by atoms with Gasteiger partial charge in [-0.05, 0) is 44.2 Å². The number of hydrogen-bond donors (Lipinski definition) is 3. The van der Waals surface area contributed by atoms with E-state index in [0.717, 1.165) is 22.4 Å². The van der Waals surface area contributed by atoms with Crippen molar-refractivity contribution in [2.45, 2.75) is 13.8 Å². The average Bonchev–Trinajstić information content (AvgIpc) is 3.30. The number of amides is 3. The minimum absolute atomic E-state index is 0.191. The second kappa shape index (κ2) is 7.60. The van der Waals surface area contributed by atoms with Crippen molar-refractivity contribution in [2.75, 3.05) is 23.3 Å². The third-order valence-electron chi connectivity index (χ3n) is 4.72. The predicted octanol–water partition coefficient (Wildman–Crippen LogP) is 4.13. The Labute approximate surface area is 173 Å². The van der Waals surface area contributed by atoms with Crippen LogP contribution in [0.2, 0.25) is 5.02 Å². The zero-order valence-corrected chi connectivity index (χ0v) is 16.8. The van der Waals surface area contributed by atoms with Crippen molar-refractivity contribution in [3.63, 3.8) is 0 Å². The first-order valence-electron chi connectivity index (χ1n) is 9.21. The quantitative estimate of drug-likeness (QED) is 0.605. The molecule has 1 fully saturated rings. The van der Waals surface area contributed by atoms with E-state index in [1.54, 1.807) is 29.2 Å². The van der Waals surface area contributed by atoms with Gasteiger partial charge in [-0.25, -0.2) is 4.79 Å². The molecule has 2 heterocycles. The fourth-order valence-corrected chi connectivity index (χ4v) is 3.62. The van der Waals surface area contributed by atoms with E-state index in [4.69, 9.17) is 11.6 Å². The molecular weight excluding hydrogens is 390 g/mol. The molecule has 2 aromatic carbocycles. The number of carbonyl (C=O) groups is 2. The number of anilines is 2. The highest BCUT2D eigenvalue weighted by atomic mass is 35.5. The summed E-state index contributed by atoms with van der Waals surface area (Å²) in [5, 5.41) is 12.9. The summed E-state index contributed by atoms with van der Waals surface area (Å²) in [4.78, 5) is 26.2. The summed E-state index contributed by atoms with van der Waals surface area (Å²) in [6, 6.07) is 12.7. The van der Waals surface area contributed by atoms with Crippen molar-refractivity contribution in [2.24, 2.45) is 0 Å². The number of benzene rings is 2. The summed E-state index contributed by atoms with van der Waals surface area (Å²) in [6.07, 6.45) is 0. The van der Waals surface area contributed by atoms with Crippen molar-refractivity contribution >= 4 is 35.0 Å². The van der Waals surface area contributed by atoms with Crippen LogP contribution in [0.25, 0.3) is 11.3 Å². The monoisotopic (exact) mass is 409 g/mol. The molecule has 0 unspecified atom stereocenters. The van der Waals surface area contributed by atoms with E-state index < -0.39 is 5.91 Å². The van der Waals surface area contributed by atoms with Crippen LogP contribution < -0.4 is 15.5 Å². The lowest BCUT2D eigenvalue weighted by Crippen LogP contribution is -2.28. The summed E-state index contributed by atoms with van der Waals surface area (Å²) in [5.74, 6) is -0.000489. The minimum atomic E-state index is -0.394. The van der Waals surface area contributed by atoms with Crippen molar-refractivity contribution in [3.8, 4) is 11.3 Å². The molecule has 1 aromatic heterocycles. The molecule has 7 nitrogen and oxygen atoms in total. The van der Waals surface area contributed by atoms with Crippen molar-refractivity contribution < 1.29 is 9.59 Å². The molecule has 4 rings (SSSR count). The van der Waals surface area contributed by atoms with Crippen LogP contribution in [-0.4, -0.2) is 35.2 Å². The molecule has 1 aliphatic rings. The van der Waals surface area contributed by atoms with E-state index in [9.17, 15) is 9.59 Å². The van der Waals surface area contributed by atoms with E-state index in [2.05, 4.69) is 26.9 Å². The fraction of sp³-hybridized carbons (Fsp3) is 0.190. The van der Waals surface area contributed by atoms with Gasteiger partial charge in [0, 0.05) is 30.4 Å². The molecule has 3 aromatic rings. The second-order valence-electron chi connectivity index (χ2n) is 7.05. The largest absolute Gasteiger partial charge is 0.336 e. The van der Waals surface area contributed by atoms with Gasteiger partial charge >= 0.3 is 6.03 Å². The van der Waals surface area contributed by atoms with Gasteiger partial charge in [0.05, 0.1) is 16.3 Å². The Morgan fingerprint density at radius 1 is 1.14 bits per heavy atom. The summed E-state index contributed by atoms with van der Waals surface area (Å²) >= 11 is 6.23. The Hall–Kier alpha value is -3.32. The number of carbonyl (C=O) groups excluding carboxylic acids is 2. The fourth-order valence-electron chi connectivity index (χ4n) is 3.42. The number of H-pyrrole nitrogens is 1. The van der Waals surface area contributed by atoms with Gasteiger partial charge in [-0.2, -0.15) is 5.10 Å². The first-order chi connectivity index (χ1) is 13.9. The maximum atomic E-state index is 12.8. The Bertz CT molecular complexity index is 1090. The Morgan fingerprint density at radius 2 is 1.90 bits per heavy atom. The number of halogens is 1. The molecule has 29 heavy (non-hydrogen) atoms. The second-order valence-corrected chi connectivity index (χ2v) is 7.45. The van der Waals surface area contributed by atoms with Crippen LogP contribution in [0.15, 0.2) is 42.5 Å². The minimum Gasteiger partial charge on any atom is -0.336 e. The van der Waals surface area contributed by atoms with Crippen LogP contribution >= 0.6 is 11.6 Å². The van der Waals surface area contributed by atoms with Crippen LogP contribution in [-0.2, 0) is 0 Å². The number of hydrogen-bond acceptors (Lipinski definition) is 3. The zero-order valence-electron chi connectivity index (χ0n) is 16.0. The highest BCUT2D eigenvalue weighted by molar-refractivity contribution is 6.34. The normalized spacial score (nSPS) is 13.5. The lowest BCUT2D eigenvalue weighted by molar-refractivity contribution is 0.102. The SMILES string of the molecule is Cc1cc(C)cc(-c2cc(NC(=O)c3cc(N4CCNC4=O)ccc3Cl)n[nH]2)c1. The summed E-state index contributed by atoms with van der Waals surface area (Å²) < 4.78 is 0. The number of nitrogens with zero attached hydrogens (tertiary/aromatic N) is 2. The lowest BCUT2D eigenvalue weighted by atomic mass is 10.1. The highest BCUT2D eigenvalue weighted by Gasteiger charge is 2.23. The maximum absolute atomic E-state index is 12.8. The van der Waals surface area contributed by atoms with E-state index in [1.165, 1.54) is 0 Å². The van der Waals surface area contributed by atoms with Crippen LogP contribution in [0.1, 0.15) is 21.5 Å². The number of nitrogens with one attached hydrogen (secondary N) is 3. The van der Waals surface area contributed by atoms with Gasteiger partial charge < -0.3 is 10.6 Å².